The number of rotatable bonds is 6. The highest BCUT2D eigenvalue weighted by Gasteiger charge is 2.34. The molecule has 0 bridgehead atoms. The lowest BCUT2D eigenvalue weighted by atomic mass is 10.1. The summed E-state index contributed by atoms with van der Waals surface area (Å²) in [7, 11) is 1.20. The van der Waals surface area contributed by atoms with Gasteiger partial charge in [-0.1, -0.05) is 6.07 Å². The predicted octanol–water partition coefficient (Wildman–Crippen LogP) is 3.24. The van der Waals surface area contributed by atoms with E-state index in [1.54, 1.807) is 26.8 Å². The summed E-state index contributed by atoms with van der Waals surface area (Å²) in [6, 6.07) is 6.36. The first kappa shape index (κ1) is 22.5. The summed E-state index contributed by atoms with van der Waals surface area (Å²) >= 11 is 0. The maximum Gasteiger partial charge on any atom is 0.373 e. The molecule has 1 N–H and O–H groups in total. The van der Waals surface area contributed by atoms with E-state index in [-0.39, 0.29) is 35.2 Å². The van der Waals surface area contributed by atoms with Crippen molar-refractivity contribution < 1.29 is 33.2 Å². The van der Waals surface area contributed by atoms with E-state index in [4.69, 9.17) is 9.15 Å². The molecule has 3 rings (SSSR count). The molecule has 2 heterocycles. The summed E-state index contributed by atoms with van der Waals surface area (Å²) in [5.41, 5.74) is -0.642. The minimum absolute atomic E-state index is 0.0600. The largest absolute Gasteiger partial charge is 0.481 e. The lowest BCUT2D eigenvalue weighted by Gasteiger charge is -2.21. The number of hydrogen-bond donors (Lipinski definition) is 1. The number of nitrogens with one attached hydrogen (secondary N) is 1. The third-order valence-electron chi connectivity index (χ3n) is 4.23. The Bertz CT molecular complexity index is 1130. The summed E-state index contributed by atoms with van der Waals surface area (Å²) in [6.07, 6.45) is 1.33. The number of urea groups is 1. The molecule has 1 saturated heterocycles. The monoisotopic (exact) mass is 443 g/mol. The van der Waals surface area contributed by atoms with Crippen LogP contribution < -0.4 is 10.1 Å². The third-order valence-corrected chi connectivity index (χ3v) is 4.23. The molecule has 0 radical (unpaired) electrons. The van der Waals surface area contributed by atoms with E-state index in [0.29, 0.717) is 5.56 Å². The average Bonchev–Trinajstić information content (AvgIpc) is 3.28. The van der Waals surface area contributed by atoms with Crippen LogP contribution in [0.15, 0.2) is 40.4 Å². The van der Waals surface area contributed by atoms with Gasteiger partial charge in [-0.2, -0.15) is 0 Å². The minimum atomic E-state index is -0.695. The molecule has 168 valence electrons. The molecule has 0 aliphatic carbocycles. The molecule has 0 atom stereocenters. The summed E-state index contributed by atoms with van der Waals surface area (Å²) in [6.45, 7) is 5.08. The Morgan fingerprint density at radius 3 is 2.59 bits per heavy atom. The van der Waals surface area contributed by atoms with Gasteiger partial charge in [-0.05, 0) is 50.6 Å². The molecule has 1 aliphatic heterocycles. The van der Waals surface area contributed by atoms with Gasteiger partial charge in [-0.25, -0.2) is 9.59 Å². The first-order valence-corrected chi connectivity index (χ1v) is 9.47. The Morgan fingerprint density at radius 2 is 1.97 bits per heavy atom. The Morgan fingerprint density at radius 1 is 1.25 bits per heavy atom. The number of nitro benzene ring substituents is 1. The smallest absolute Gasteiger partial charge is 0.373 e. The van der Waals surface area contributed by atoms with Crippen molar-refractivity contribution in [3.63, 3.8) is 0 Å². The van der Waals surface area contributed by atoms with Crippen molar-refractivity contribution in [2.75, 3.05) is 7.11 Å². The van der Waals surface area contributed by atoms with E-state index in [1.807, 2.05) is 0 Å². The van der Waals surface area contributed by atoms with Gasteiger partial charge in [0.1, 0.15) is 17.1 Å². The zero-order chi connectivity index (χ0) is 23.6. The number of imide groups is 1. The van der Waals surface area contributed by atoms with Gasteiger partial charge in [0.15, 0.2) is 5.75 Å². The molecule has 1 fully saturated rings. The number of benzene rings is 1. The third kappa shape index (κ3) is 4.94. The summed E-state index contributed by atoms with van der Waals surface area (Å²) in [4.78, 5) is 48.2. The molecule has 1 aliphatic rings. The Labute approximate surface area is 182 Å². The number of nitro groups is 1. The second-order valence-electron chi connectivity index (χ2n) is 7.84. The quantitative estimate of drug-likeness (QED) is 0.236. The van der Waals surface area contributed by atoms with Crippen molar-refractivity contribution in [3.8, 4) is 5.75 Å². The standard InChI is InChI=1S/C21H21N3O8/c1-21(2,3)32-16-7-5-12(10-15(16)24(28)29)9-14-18(25)23(20(27)22-14)11-13-6-8-17(31-13)19(26)30-4/h5-10H,11H2,1-4H3,(H,22,27). The van der Waals surface area contributed by atoms with Crippen LogP contribution in [0.3, 0.4) is 0 Å². The first-order chi connectivity index (χ1) is 15.0. The molecule has 0 unspecified atom stereocenters. The number of hydrogen-bond acceptors (Lipinski definition) is 8. The zero-order valence-corrected chi connectivity index (χ0v) is 17.8. The van der Waals surface area contributed by atoms with Gasteiger partial charge in [-0.3, -0.25) is 19.8 Å². The highest BCUT2D eigenvalue weighted by molar-refractivity contribution is 6.13. The maximum absolute atomic E-state index is 12.7. The van der Waals surface area contributed by atoms with E-state index in [0.717, 1.165) is 4.90 Å². The topological polar surface area (TPSA) is 141 Å². The maximum atomic E-state index is 12.7. The number of amides is 3. The van der Waals surface area contributed by atoms with Gasteiger partial charge in [0.05, 0.1) is 18.6 Å². The van der Waals surface area contributed by atoms with Crippen LogP contribution in [0.5, 0.6) is 5.75 Å². The fraction of sp³-hybridized carbons (Fsp3) is 0.286. The number of carbonyl (C=O) groups is 3. The van der Waals surface area contributed by atoms with Gasteiger partial charge < -0.3 is 19.2 Å². The van der Waals surface area contributed by atoms with Crippen molar-refractivity contribution in [3.05, 3.63) is 63.2 Å². The van der Waals surface area contributed by atoms with Crippen LogP contribution in [-0.2, 0) is 16.1 Å². The molecule has 1 aromatic carbocycles. The molecule has 11 heteroatoms. The van der Waals surface area contributed by atoms with Gasteiger partial charge in [0.25, 0.3) is 5.91 Å². The van der Waals surface area contributed by atoms with Crippen LogP contribution >= 0.6 is 0 Å². The predicted molar refractivity (Wildman–Crippen MR) is 111 cm³/mol. The summed E-state index contributed by atoms with van der Waals surface area (Å²) < 4.78 is 15.5. The molecule has 2 aromatic rings. The van der Waals surface area contributed by atoms with Crippen molar-refractivity contribution in [1.82, 2.24) is 10.2 Å². The van der Waals surface area contributed by atoms with Crippen molar-refractivity contribution in [1.29, 1.82) is 0 Å². The lowest BCUT2D eigenvalue weighted by Crippen LogP contribution is -2.30. The van der Waals surface area contributed by atoms with Crippen LogP contribution in [0.25, 0.3) is 6.08 Å². The number of furan rings is 1. The van der Waals surface area contributed by atoms with Gasteiger partial charge in [-0.15, -0.1) is 0 Å². The molecule has 0 spiro atoms. The van der Waals surface area contributed by atoms with Crippen molar-refractivity contribution in [2.24, 2.45) is 0 Å². The average molecular weight is 443 g/mol. The highest BCUT2D eigenvalue weighted by Crippen LogP contribution is 2.32. The van der Waals surface area contributed by atoms with Crippen LogP contribution in [0, 0.1) is 10.1 Å². The van der Waals surface area contributed by atoms with Crippen LogP contribution in [0.1, 0.15) is 42.6 Å². The van der Waals surface area contributed by atoms with E-state index < -0.39 is 28.4 Å². The fourth-order valence-electron chi connectivity index (χ4n) is 2.89. The number of ether oxygens (including phenoxy) is 2. The molecule has 32 heavy (non-hydrogen) atoms. The van der Waals surface area contributed by atoms with Crippen molar-refractivity contribution >= 4 is 29.7 Å². The van der Waals surface area contributed by atoms with E-state index in [1.165, 1.54) is 37.5 Å². The van der Waals surface area contributed by atoms with Crippen LogP contribution in [0.4, 0.5) is 10.5 Å². The molecular formula is C21H21N3O8. The van der Waals surface area contributed by atoms with Gasteiger partial charge >= 0.3 is 17.7 Å². The van der Waals surface area contributed by atoms with Crippen molar-refractivity contribution in [2.45, 2.75) is 32.9 Å². The second kappa shape index (κ2) is 8.53. The van der Waals surface area contributed by atoms with E-state index in [9.17, 15) is 24.5 Å². The normalized spacial score (nSPS) is 15.1. The molecule has 3 amide bonds. The Kier molecular flexibility index (Phi) is 6.01. The van der Waals surface area contributed by atoms with Gasteiger partial charge in [0, 0.05) is 6.07 Å². The minimum Gasteiger partial charge on any atom is -0.481 e. The van der Waals surface area contributed by atoms with E-state index >= 15 is 0 Å². The van der Waals surface area contributed by atoms with Gasteiger partial charge in [0.2, 0.25) is 5.76 Å². The molecule has 0 saturated carbocycles. The lowest BCUT2D eigenvalue weighted by molar-refractivity contribution is -0.386. The van der Waals surface area contributed by atoms with Crippen LogP contribution in [0.2, 0.25) is 0 Å². The van der Waals surface area contributed by atoms with Crippen LogP contribution in [-0.4, -0.2) is 40.4 Å². The number of methoxy groups -OCH3 is 1. The molecule has 11 nitrogen and oxygen atoms in total. The first-order valence-electron chi connectivity index (χ1n) is 9.47. The Balaban J connectivity index is 1.82. The number of carbonyl (C=O) groups excluding carboxylic acids is 3. The second-order valence-corrected chi connectivity index (χ2v) is 7.84. The summed E-state index contributed by atoms with van der Waals surface area (Å²) in [5, 5.41) is 13.9. The summed E-state index contributed by atoms with van der Waals surface area (Å²) in [5.74, 6) is -1.10. The fourth-order valence-corrected chi connectivity index (χ4v) is 2.89. The number of nitrogens with zero attached hydrogens (tertiary/aromatic N) is 2. The van der Waals surface area contributed by atoms with E-state index in [2.05, 4.69) is 10.1 Å². The molecular weight excluding hydrogens is 422 g/mol. The SMILES string of the molecule is COC(=O)c1ccc(CN2C(=O)NC(=Cc3ccc(OC(C)(C)C)c([N+](=O)[O-])c3)C2=O)o1. The Hall–Kier alpha value is -4.15. The highest BCUT2D eigenvalue weighted by atomic mass is 16.6. The zero-order valence-electron chi connectivity index (χ0n) is 17.8. The molecule has 1 aromatic heterocycles. The number of esters is 1.